The molecule has 1 unspecified atom stereocenters. The molecule has 0 bridgehead atoms. The third-order valence-corrected chi connectivity index (χ3v) is 2.47. The molecule has 1 aliphatic rings. The molecule has 2 rings (SSSR count). The normalized spacial score (nSPS) is 20.8. The molecule has 1 aromatic rings. The first-order valence-corrected chi connectivity index (χ1v) is 5.31. The van der Waals surface area contributed by atoms with Crippen LogP contribution in [0.15, 0.2) is 6.07 Å². The summed E-state index contributed by atoms with van der Waals surface area (Å²) in [5.74, 6) is 0.673. The van der Waals surface area contributed by atoms with Crippen molar-refractivity contribution < 1.29 is 9.47 Å². The van der Waals surface area contributed by atoms with Crippen molar-refractivity contribution in [3.63, 3.8) is 0 Å². The van der Waals surface area contributed by atoms with Crippen molar-refractivity contribution in [1.29, 1.82) is 0 Å². The topological polar surface area (TPSA) is 44.2 Å². The van der Waals surface area contributed by atoms with Crippen molar-refractivity contribution in [3.8, 4) is 0 Å². The van der Waals surface area contributed by atoms with Crippen LogP contribution in [0.4, 0.5) is 0 Å². The SMILES string of the molecule is COCc1cc(Cl)nc(C2CCCO2)n1. The van der Waals surface area contributed by atoms with Gasteiger partial charge in [0.1, 0.15) is 11.3 Å². The van der Waals surface area contributed by atoms with Gasteiger partial charge in [0.05, 0.1) is 12.3 Å². The molecule has 5 heteroatoms. The minimum absolute atomic E-state index is 0.000642. The van der Waals surface area contributed by atoms with Crippen molar-refractivity contribution in [2.45, 2.75) is 25.6 Å². The first kappa shape index (κ1) is 10.8. The number of hydrogen-bond donors (Lipinski definition) is 0. The zero-order chi connectivity index (χ0) is 10.7. The molecular formula is C10H13ClN2O2. The number of rotatable bonds is 3. The lowest BCUT2D eigenvalue weighted by Crippen LogP contribution is -2.06. The fourth-order valence-electron chi connectivity index (χ4n) is 1.63. The van der Waals surface area contributed by atoms with Gasteiger partial charge < -0.3 is 9.47 Å². The predicted molar refractivity (Wildman–Crippen MR) is 55.7 cm³/mol. The lowest BCUT2D eigenvalue weighted by Gasteiger charge is -2.09. The van der Waals surface area contributed by atoms with Crippen molar-refractivity contribution in [2.75, 3.05) is 13.7 Å². The number of methoxy groups -OCH3 is 1. The predicted octanol–water partition coefficient (Wildman–Crippen LogP) is 2.13. The third-order valence-electron chi connectivity index (χ3n) is 2.28. The lowest BCUT2D eigenvalue weighted by atomic mass is 10.2. The summed E-state index contributed by atoms with van der Waals surface area (Å²) in [7, 11) is 1.63. The van der Waals surface area contributed by atoms with E-state index in [2.05, 4.69) is 9.97 Å². The summed E-state index contributed by atoms with van der Waals surface area (Å²) in [5.41, 5.74) is 0.794. The van der Waals surface area contributed by atoms with E-state index in [9.17, 15) is 0 Å². The van der Waals surface area contributed by atoms with Crippen molar-refractivity contribution >= 4 is 11.6 Å². The van der Waals surface area contributed by atoms with Crippen LogP contribution < -0.4 is 0 Å². The van der Waals surface area contributed by atoms with Gasteiger partial charge in [0, 0.05) is 13.7 Å². The Morgan fingerprint density at radius 1 is 1.60 bits per heavy atom. The Hall–Kier alpha value is -0.710. The van der Waals surface area contributed by atoms with E-state index >= 15 is 0 Å². The Morgan fingerprint density at radius 3 is 3.13 bits per heavy atom. The van der Waals surface area contributed by atoms with Gasteiger partial charge in [0.25, 0.3) is 0 Å². The molecule has 1 aliphatic heterocycles. The summed E-state index contributed by atoms with van der Waals surface area (Å²) >= 11 is 5.90. The molecule has 0 amide bonds. The Balaban J connectivity index is 2.22. The third kappa shape index (κ3) is 2.65. The van der Waals surface area contributed by atoms with Gasteiger partial charge in [0.2, 0.25) is 0 Å². The van der Waals surface area contributed by atoms with Gasteiger partial charge in [-0.1, -0.05) is 11.6 Å². The zero-order valence-corrected chi connectivity index (χ0v) is 9.33. The molecule has 1 atom stereocenters. The smallest absolute Gasteiger partial charge is 0.159 e. The molecule has 1 saturated heterocycles. The van der Waals surface area contributed by atoms with E-state index in [0.29, 0.717) is 17.6 Å². The summed E-state index contributed by atoms with van der Waals surface area (Å²) in [4.78, 5) is 8.53. The van der Waals surface area contributed by atoms with Crippen LogP contribution >= 0.6 is 11.6 Å². The summed E-state index contributed by atoms with van der Waals surface area (Å²) in [5, 5.41) is 0.447. The number of ether oxygens (including phenoxy) is 2. The van der Waals surface area contributed by atoms with Gasteiger partial charge in [-0.3, -0.25) is 0 Å². The molecule has 2 heterocycles. The minimum atomic E-state index is -0.000642. The maximum atomic E-state index is 5.90. The monoisotopic (exact) mass is 228 g/mol. The summed E-state index contributed by atoms with van der Waals surface area (Å²) in [6.45, 7) is 1.22. The fraction of sp³-hybridized carbons (Fsp3) is 0.600. The average Bonchev–Trinajstić information content (AvgIpc) is 2.70. The second-order valence-corrected chi connectivity index (χ2v) is 3.86. The van der Waals surface area contributed by atoms with Crippen molar-refractivity contribution in [1.82, 2.24) is 9.97 Å². The Bertz CT molecular complexity index is 340. The van der Waals surface area contributed by atoms with Gasteiger partial charge in [-0.2, -0.15) is 0 Å². The van der Waals surface area contributed by atoms with E-state index in [1.165, 1.54) is 0 Å². The molecule has 0 aliphatic carbocycles. The van der Waals surface area contributed by atoms with E-state index in [-0.39, 0.29) is 6.10 Å². The highest BCUT2D eigenvalue weighted by atomic mass is 35.5. The molecule has 1 fully saturated rings. The van der Waals surface area contributed by atoms with Gasteiger partial charge in [-0.05, 0) is 18.9 Å². The fourth-order valence-corrected chi connectivity index (χ4v) is 1.84. The zero-order valence-electron chi connectivity index (χ0n) is 8.57. The van der Waals surface area contributed by atoms with Crippen molar-refractivity contribution in [3.05, 3.63) is 22.7 Å². The standard InChI is InChI=1S/C10H13ClN2O2/c1-14-6-7-5-9(11)13-10(12-7)8-3-2-4-15-8/h5,8H,2-4,6H2,1H3. The van der Waals surface area contributed by atoms with Crippen LogP contribution in [0.2, 0.25) is 5.15 Å². The van der Waals surface area contributed by atoms with Gasteiger partial charge in [-0.25, -0.2) is 9.97 Å². The van der Waals surface area contributed by atoms with Crippen LogP contribution in [0.5, 0.6) is 0 Å². The number of nitrogens with zero attached hydrogens (tertiary/aromatic N) is 2. The lowest BCUT2D eigenvalue weighted by molar-refractivity contribution is 0.104. The van der Waals surface area contributed by atoms with E-state index in [0.717, 1.165) is 25.1 Å². The molecule has 0 radical (unpaired) electrons. The van der Waals surface area contributed by atoms with Gasteiger partial charge >= 0.3 is 0 Å². The first-order valence-electron chi connectivity index (χ1n) is 4.93. The van der Waals surface area contributed by atoms with E-state index in [4.69, 9.17) is 21.1 Å². The van der Waals surface area contributed by atoms with E-state index < -0.39 is 0 Å². The number of hydrogen-bond acceptors (Lipinski definition) is 4. The maximum absolute atomic E-state index is 5.90. The molecular weight excluding hydrogens is 216 g/mol. The minimum Gasteiger partial charge on any atom is -0.378 e. The van der Waals surface area contributed by atoms with Gasteiger partial charge in [0.15, 0.2) is 5.82 Å². The highest BCUT2D eigenvalue weighted by Gasteiger charge is 2.21. The quantitative estimate of drug-likeness (QED) is 0.744. The average molecular weight is 229 g/mol. The molecule has 15 heavy (non-hydrogen) atoms. The maximum Gasteiger partial charge on any atom is 0.159 e. The van der Waals surface area contributed by atoms with Crippen LogP contribution in [0.3, 0.4) is 0 Å². The van der Waals surface area contributed by atoms with Crippen LogP contribution in [-0.4, -0.2) is 23.7 Å². The summed E-state index contributed by atoms with van der Waals surface area (Å²) < 4.78 is 10.5. The Kier molecular flexibility index (Phi) is 3.51. The molecule has 0 spiro atoms. The van der Waals surface area contributed by atoms with E-state index in [1.54, 1.807) is 13.2 Å². The summed E-state index contributed by atoms with van der Waals surface area (Å²) in [6, 6.07) is 1.71. The Labute approximate surface area is 93.6 Å². The second kappa shape index (κ2) is 4.88. The summed E-state index contributed by atoms with van der Waals surface area (Å²) in [6.07, 6.45) is 2.02. The molecule has 1 aromatic heterocycles. The molecule has 0 N–H and O–H groups in total. The molecule has 0 saturated carbocycles. The largest absolute Gasteiger partial charge is 0.378 e. The van der Waals surface area contributed by atoms with Crippen LogP contribution in [-0.2, 0) is 16.1 Å². The van der Waals surface area contributed by atoms with Crippen LogP contribution in [0.1, 0.15) is 30.5 Å². The van der Waals surface area contributed by atoms with Crippen molar-refractivity contribution in [2.24, 2.45) is 0 Å². The Morgan fingerprint density at radius 2 is 2.47 bits per heavy atom. The van der Waals surface area contributed by atoms with E-state index in [1.807, 2.05) is 0 Å². The number of aromatic nitrogens is 2. The van der Waals surface area contributed by atoms with Gasteiger partial charge in [-0.15, -0.1) is 0 Å². The molecule has 0 aromatic carbocycles. The number of halogens is 1. The molecule has 4 nitrogen and oxygen atoms in total. The van der Waals surface area contributed by atoms with Crippen LogP contribution in [0, 0.1) is 0 Å². The first-order chi connectivity index (χ1) is 7.29. The second-order valence-electron chi connectivity index (χ2n) is 3.47. The molecule has 82 valence electrons. The van der Waals surface area contributed by atoms with Crippen LogP contribution in [0.25, 0.3) is 0 Å². The highest BCUT2D eigenvalue weighted by molar-refractivity contribution is 6.29. The highest BCUT2D eigenvalue weighted by Crippen LogP contribution is 2.26.